The average molecular weight is 697 g/mol. The van der Waals surface area contributed by atoms with Crippen molar-refractivity contribution in [2.45, 2.75) is 81.9 Å². The smallest absolute Gasteiger partial charge is 0.202 e. The minimum absolute atomic E-state index is 0.0148. The van der Waals surface area contributed by atoms with Gasteiger partial charge in [-0.25, -0.2) is 0 Å². The SMILES string of the molecule is COc1cccc2c1C(=O)c1c(O)c3c(c(O)c1C2=O)C[C@@](O)(/C(CO)=N/CC(C)=O)C[C@@H]3O[C@H]1C[C@H]2[C@H](O[C@@H]3[C@@H](OC)OCCN32)[C@H](C)O1. The van der Waals surface area contributed by atoms with Crippen LogP contribution in [0.5, 0.6) is 17.2 Å². The largest absolute Gasteiger partial charge is 0.507 e. The quantitative estimate of drug-likeness (QED) is 0.193. The zero-order valence-electron chi connectivity index (χ0n) is 28.1. The van der Waals surface area contributed by atoms with E-state index in [1.807, 2.05) is 6.92 Å². The maximum absolute atomic E-state index is 14.0. The van der Waals surface area contributed by atoms with E-state index in [2.05, 4.69) is 9.89 Å². The molecule has 2 aromatic carbocycles. The Morgan fingerprint density at radius 2 is 1.86 bits per heavy atom. The highest BCUT2D eigenvalue weighted by atomic mass is 16.7. The van der Waals surface area contributed by atoms with Gasteiger partial charge in [-0.1, -0.05) is 12.1 Å². The first-order valence-electron chi connectivity index (χ1n) is 16.5. The number of benzene rings is 2. The van der Waals surface area contributed by atoms with Gasteiger partial charge in [0.25, 0.3) is 0 Å². The van der Waals surface area contributed by atoms with Gasteiger partial charge in [0.15, 0.2) is 30.4 Å². The lowest BCUT2D eigenvalue weighted by Gasteiger charge is -2.44. The van der Waals surface area contributed by atoms with Crippen LogP contribution in [0.3, 0.4) is 0 Å². The fourth-order valence-electron chi connectivity index (χ4n) is 8.10. The standard InChI is InChI=1S/C35H40N2O13/c1-15(39)13-36-22(14-38)35(44)11-18-25(31(43)27-26(29(18)41)28(40)17-6-5-7-20(45-3)24(17)30(27)42)21(12-35)49-23-10-19-32(16(2)48-23)50-33-34(46-4)47-9-8-37(19)33/h5-7,16,19,21,23,32-34,38,41,43-44H,8-14H2,1-4H3/b36-22+/t16-,19-,21-,23-,32+,33+,34-,35-/m0/s1. The van der Waals surface area contributed by atoms with E-state index < -0.39 is 83.8 Å². The number of aromatic hydroxyl groups is 2. The molecule has 3 fully saturated rings. The Morgan fingerprint density at radius 1 is 1.10 bits per heavy atom. The molecule has 0 radical (unpaired) electrons. The number of carbonyl (C=O) groups excluding carboxylic acids is 3. The van der Waals surface area contributed by atoms with Crippen molar-refractivity contribution in [1.29, 1.82) is 0 Å². The summed E-state index contributed by atoms with van der Waals surface area (Å²) >= 11 is 0. The molecule has 7 rings (SSSR count). The predicted molar refractivity (Wildman–Crippen MR) is 172 cm³/mol. The number of hydrogen-bond acceptors (Lipinski definition) is 15. The lowest BCUT2D eigenvalue weighted by Crippen LogP contribution is -2.55. The van der Waals surface area contributed by atoms with Crippen LogP contribution in [0.2, 0.25) is 0 Å². The van der Waals surface area contributed by atoms with Gasteiger partial charge in [0.05, 0.1) is 61.5 Å². The first-order chi connectivity index (χ1) is 23.9. The van der Waals surface area contributed by atoms with E-state index in [0.717, 1.165) is 0 Å². The molecule has 0 aromatic heterocycles. The summed E-state index contributed by atoms with van der Waals surface area (Å²) in [7, 11) is 2.89. The number of morpholine rings is 1. The third-order valence-corrected chi connectivity index (χ3v) is 10.4. The maximum atomic E-state index is 14.0. The molecule has 0 amide bonds. The number of hydrogen-bond donors (Lipinski definition) is 4. The number of phenolic OH excluding ortho intramolecular Hbond substituents is 2. The highest BCUT2D eigenvalue weighted by Gasteiger charge is 2.55. The first-order valence-corrected chi connectivity index (χ1v) is 16.5. The molecule has 3 heterocycles. The van der Waals surface area contributed by atoms with Crippen molar-refractivity contribution in [3.8, 4) is 17.2 Å². The number of ketones is 3. The van der Waals surface area contributed by atoms with Gasteiger partial charge in [0, 0.05) is 55.6 Å². The Kier molecular flexibility index (Phi) is 9.05. The van der Waals surface area contributed by atoms with Crippen LogP contribution in [-0.4, -0.2) is 132 Å². The van der Waals surface area contributed by atoms with Gasteiger partial charge in [-0.15, -0.1) is 0 Å². The van der Waals surface area contributed by atoms with E-state index in [9.17, 15) is 34.8 Å². The number of rotatable bonds is 8. The van der Waals surface area contributed by atoms with Crippen molar-refractivity contribution >= 4 is 23.1 Å². The van der Waals surface area contributed by atoms with Crippen molar-refractivity contribution in [2.75, 3.05) is 40.5 Å². The van der Waals surface area contributed by atoms with Crippen LogP contribution in [-0.2, 0) is 34.9 Å². The number of methoxy groups -OCH3 is 2. The van der Waals surface area contributed by atoms with E-state index in [0.29, 0.717) is 19.6 Å². The normalized spacial score (nSPS) is 32.1. The van der Waals surface area contributed by atoms with E-state index in [1.54, 1.807) is 7.11 Å². The number of aliphatic hydroxyl groups is 2. The van der Waals surface area contributed by atoms with E-state index in [4.69, 9.17) is 28.4 Å². The number of nitrogens with zero attached hydrogens (tertiary/aromatic N) is 2. The Morgan fingerprint density at radius 3 is 2.56 bits per heavy atom. The third-order valence-electron chi connectivity index (χ3n) is 10.4. The molecule has 0 bridgehead atoms. The van der Waals surface area contributed by atoms with Crippen molar-refractivity contribution in [2.24, 2.45) is 4.99 Å². The second kappa shape index (κ2) is 13.1. The molecular formula is C35H40N2O13. The van der Waals surface area contributed by atoms with Crippen molar-refractivity contribution in [3.05, 3.63) is 51.6 Å². The van der Waals surface area contributed by atoms with E-state index in [-0.39, 0.29) is 64.6 Å². The summed E-state index contributed by atoms with van der Waals surface area (Å²) in [6.45, 7) is 3.10. The monoisotopic (exact) mass is 696 g/mol. The molecule has 0 spiro atoms. The van der Waals surface area contributed by atoms with Gasteiger partial charge >= 0.3 is 0 Å². The second-order valence-corrected chi connectivity index (χ2v) is 13.3. The average Bonchev–Trinajstić information content (AvgIpc) is 3.47. The first kappa shape index (κ1) is 34.6. The van der Waals surface area contributed by atoms with Gasteiger partial charge in [-0.05, 0) is 19.9 Å². The molecule has 15 heteroatoms. The zero-order valence-corrected chi connectivity index (χ0v) is 28.1. The number of aliphatic hydroxyl groups excluding tert-OH is 1. The van der Waals surface area contributed by atoms with E-state index >= 15 is 0 Å². The van der Waals surface area contributed by atoms with Crippen LogP contribution in [0.15, 0.2) is 23.2 Å². The van der Waals surface area contributed by atoms with Crippen LogP contribution in [0.25, 0.3) is 0 Å². The van der Waals surface area contributed by atoms with Crippen LogP contribution >= 0.6 is 0 Å². The minimum atomic E-state index is -2.00. The number of fused-ring (bicyclic) bond motifs is 6. The molecule has 15 nitrogen and oxygen atoms in total. The van der Waals surface area contributed by atoms with E-state index in [1.165, 1.54) is 32.2 Å². The van der Waals surface area contributed by atoms with Crippen molar-refractivity contribution in [3.63, 3.8) is 0 Å². The van der Waals surface area contributed by atoms with Gasteiger partial charge < -0.3 is 48.8 Å². The molecule has 3 saturated heterocycles. The predicted octanol–water partition coefficient (Wildman–Crippen LogP) is 1.17. The number of phenols is 2. The molecule has 2 aliphatic carbocycles. The van der Waals surface area contributed by atoms with Gasteiger partial charge in [0.1, 0.15) is 29.0 Å². The Balaban J connectivity index is 1.32. The van der Waals surface area contributed by atoms with Crippen molar-refractivity contribution < 1.29 is 63.2 Å². The lowest BCUT2D eigenvalue weighted by molar-refractivity contribution is -0.255. The lowest BCUT2D eigenvalue weighted by atomic mass is 9.71. The molecule has 8 atom stereocenters. The summed E-state index contributed by atoms with van der Waals surface area (Å²) in [5.74, 6) is -2.88. The highest BCUT2D eigenvalue weighted by molar-refractivity contribution is 6.31. The molecule has 2 aromatic rings. The number of ether oxygens (including phenoxy) is 6. The van der Waals surface area contributed by atoms with Crippen LogP contribution in [0, 0.1) is 0 Å². The molecule has 50 heavy (non-hydrogen) atoms. The second-order valence-electron chi connectivity index (χ2n) is 13.3. The molecule has 5 aliphatic rings. The number of aliphatic imine (C=N–C) groups is 1. The number of Topliss-reactive ketones (excluding diaryl/α,β-unsaturated/α-hetero) is 1. The zero-order chi connectivity index (χ0) is 35.6. The van der Waals surface area contributed by atoms with Crippen LogP contribution in [0.4, 0.5) is 0 Å². The van der Waals surface area contributed by atoms with Gasteiger partial charge in [-0.2, -0.15) is 0 Å². The molecular weight excluding hydrogens is 656 g/mol. The van der Waals surface area contributed by atoms with Crippen LogP contribution < -0.4 is 4.74 Å². The fraction of sp³-hybridized carbons (Fsp3) is 0.543. The van der Waals surface area contributed by atoms with Crippen LogP contribution in [0.1, 0.15) is 75.8 Å². The summed E-state index contributed by atoms with van der Waals surface area (Å²) < 4.78 is 35.7. The molecule has 0 saturated carbocycles. The molecule has 268 valence electrons. The Bertz CT molecular complexity index is 1780. The maximum Gasteiger partial charge on any atom is 0.202 e. The molecule has 3 aliphatic heterocycles. The summed E-state index contributed by atoms with van der Waals surface area (Å²) in [6, 6.07) is 4.30. The Hall–Kier alpha value is -3.80. The summed E-state index contributed by atoms with van der Waals surface area (Å²) in [5.41, 5.74) is -3.16. The fourth-order valence-corrected chi connectivity index (χ4v) is 8.10. The Labute approximate surface area is 287 Å². The number of carbonyl (C=O) groups is 3. The third kappa shape index (κ3) is 5.43. The minimum Gasteiger partial charge on any atom is -0.507 e. The summed E-state index contributed by atoms with van der Waals surface area (Å²) in [4.78, 5) is 46.0. The topological polar surface area (TPSA) is 203 Å². The summed E-state index contributed by atoms with van der Waals surface area (Å²) in [5, 5.41) is 46.2. The highest BCUT2D eigenvalue weighted by Crippen LogP contribution is 2.53. The van der Waals surface area contributed by atoms with Gasteiger partial charge in [0.2, 0.25) is 5.78 Å². The van der Waals surface area contributed by atoms with Gasteiger partial charge in [-0.3, -0.25) is 24.3 Å². The van der Waals surface area contributed by atoms with Crippen molar-refractivity contribution in [1.82, 2.24) is 4.90 Å². The summed E-state index contributed by atoms with van der Waals surface area (Å²) in [6.07, 6.45) is -4.48. The molecule has 0 unspecified atom stereocenters. The molecule has 4 N–H and O–H groups in total.